The average Bonchev–Trinajstić information content (AvgIpc) is 2.90. The van der Waals surface area contributed by atoms with E-state index < -0.39 is 0 Å². The third kappa shape index (κ3) is 3.34. The van der Waals surface area contributed by atoms with E-state index in [1.165, 1.54) is 0 Å². The van der Waals surface area contributed by atoms with Gasteiger partial charge in [-0.05, 0) is 28.8 Å². The molecule has 5 nitrogen and oxygen atoms in total. The number of aromatic amines is 1. The Morgan fingerprint density at radius 2 is 1.91 bits per heavy atom. The van der Waals surface area contributed by atoms with Crippen molar-refractivity contribution >= 4 is 34.2 Å². The molecule has 0 bridgehead atoms. The fourth-order valence-electron chi connectivity index (χ4n) is 2.52. The normalized spacial score (nSPS) is 15.5. The van der Waals surface area contributed by atoms with Gasteiger partial charge in [0, 0.05) is 24.7 Å². The molecule has 1 fully saturated rings. The van der Waals surface area contributed by atoms with E-state index in [9.17, 15) is 4.79 Å². The summed E-state index contributed by atoms with van der Waals surface area (Å²) in [7, 11) is 0. The first-order valence-corrected chi connectivity index (χ1v) is 7.80. The van der Waals surface area contributed by atoms with Crippen molar-refractivity contribution < 1.29 is 4.79 Å². The molecule has 3 rings (SSSR count). The molecule has 1 aliphatic rings. The number of carbonyl (C=O) groups is 1. The molecule has 0 spiro atoms. The molecule has 0 atom stereocenters. The van der Waals surface area contributed by atoms with E-state index in [1.807, 2.05) is 35.2 Å². The van der Waals surface area contributed by atoms with Gasteiger partial charge < -0.3 is 10.6 Å². The molecule has 1 aromatic heterocycles. The first-order valence-electron chi connectivity index (χ1n) is 7.01. The van der Waals surface area contributed by atoms with Gasteiger partial charge in [0.05, 0.1) is 4.47 Å². The number of hydrogen-bond acceptors (Lipinski definition) is 3. The number of H-pyrrole nitrogens is 1. The van der Waals surface area contributed by atoms with Crippen molar-refractivity contribution in [2.45, 2.75) is 18.9 Å². The maximum atomic E-state index is 12.6. The second-order valence-electron chi connectivity index (χ2n) is 5.26. The van der Waals surface area contributed by atoms with Gasteiger partial charge in [0.2, 0.25) is 0 Å². The molecule has 0 aliphatic carbocycles. The molecule has 1 aromatic carbocycles. The molecule has 1 saturated heterocycles. The number of nitrogens with one attached hydrogen (secondary N) is 1. The number of amides is 1. The Morgan fingerprint density at radius 1 is 1.27 bits per heavy atom. The largest absolute Gasteiger partial charge is 0.337 e. The van der Waals surface area contributed by atoms with Gasteiger partial charge in [0.25, 0.3) is 5.91 Å². The van der Waals surface area contributed by atoms with E-state index >= 15 is 0 Å². The Labute approximate surface area is 143 Å². The van der Waals surface area contributed by atoms with Crippen molar-refractivity contribution in [3.63, 3.8) is 0 Å². The Hall–Kier alpha value is -1.37. The standard InChI is InChI=1S/C15H17BrN4O.ClH/c16-12-13(10-4-2-1-3-5-10)18-19-14(12)15(21)20-8-6-11(17)7-9-20;/h1-5,11H,6-9,17H2,(H,18,19);1H. The zero-order valence-corrected chi connectivity index (χ0v) is 14.4. The summed E-state index contributed by atoms with van der Waals surface area (Å²) in [6.45, 7) is 1.40. The first-order chi connectivity index (χ1) is 10.2. The van der Waals surface area contributed by atoms with Crippen molar-refractivity contribution in [1.82, 2.24) is 15.1 Å². The van der Waals surface area contributed by atoms with E-state index in [4.69, 9.17) is 5.73 Å². The maximum absolute atomic E-state index is 12.6. The van der Waals surface area contributed by atoms with E-state index in [0.717, 1.165) is 24.1 Å². The number of piperidine rings is 1. The van der Waals surface area contributed by atoms with Gasteiger partial charge in [-0.3, -0.25) is 9.89 Å². The van der Waals surface area contributed by atoms with E-state index in [2.05, 4.69) is 26.1 Å². The minimum atomic E-state index is -0.0246. The topological polar surface area (TPSA) is 75.0 Å². The Kier molecular flexibility index (Phi) is 5.61. The summed E-state index contributed by atoms with van der Waals surface area (Å²) in [4.78, 5) is 14.4. The summed E-state index contributed by atoms with van der Waals surface area (Å²) in [5, 5.41) is 7.13. The first kappa shape index (κ1) is 17.0. The highest BCUT2D eigenvalue weighted by Crippen LogP contribution is 2.29. The highest BCUT2D eigenvalue weighted by Gasteiger charge is 2.26. The van der Waals surface area contributed by atoms with Crippen LogP contribution < -0.4 is 5.73 Å². The Balaban J connectivity index is 0.00000176. The minimum Gasteiger partial charge on any atom is -0.337 e. The SMILES string of the molecule is Cl.NC1CCN(C(=O)c2[nH]nc(-c3ccccc3)c2Br)CC1. The lowest BCUT2D eigenvalue weighted by Crippen LogP contribution is -2.43. The minimum absolute atomic E-state index is 0. The summed E-state index contributed by atoms with van der Waals surface area (Å²) < 4.78 is 0.716. The summed E-state index contributed by atoms with van der Waals surface area (Å²) in [6.07, 6.45) is 1.70. The predicted molar refractivity (Wildman–Crippen MR) is 92.1 cm³/mol. The lowest BCUT2D eigenvalue weighted by atomic mass is 10.1. The van der Waals surface area contributed by atoms with Crippen LogP contribution in [-0.4, -0.2) is 40.1 Å². The number of nitrogens with two attached hydrogens (primary N) is 1. The van der Waals surface area contributed by atoms with Crippen LogP contribution in [0, 0.1) is 0 Å². The third-order valence-corrected chi connectivity index (χ3v) is 4.57. The van der Waals surface area contributed by atoms with Gasteiger partial charge in [-0.25, -0.2) is 0 Å². The van der Waals surface area contributed by atoms with Gasteiger partial charge >= 0.3 is 0 Å². The molecule has 22 heavy (non-hydrogen) atoms. The molecule has 1 aliphatic heterocycles. The van der Waals surface area contributed by atoms with Crippen LogP contribution in [-0.2, 0) is 0 Å². The van der Waals surface area contributed by atoms with Crippen LogP contribution in [0.2, 0.25) is 0 Å². The summed E-state index contributed by atoms with van der Waals surface area (Å²) in [5.74, 6) is -0.0246. The second-order valence-corrected chi connectivity index (χ2v) is 6.05. The highest BCUT2D eigenvalue weighted by molar-refractivity contribution is 9.10. The lowest BCUT2D eigenvalue weighted by molar-refractivity contribution is 0.0708. The zero-order valence-electron chi connectivity index (χ0n) is 12.0. The lowest BCUT2D eigenvalue weighted by Gasteiger charge is -2.29. The number of benzene rings is 1. The molecule has 7 heteroatoms. The van der Waals surface area contributed by atoms with Crippen molar-refractivity contribution in [3.8, 4) is 11.3 Å². The number of halogens is 2. The zero-order chi connectivity index (χ0) is 14.8. The number of aromatic nitrogens is 2. The fourth-order valence-corrected chi connectivity index (χ4v) is 3.09. The summed E-state index contributed by atoms with van der Waals surface area (Å²) >= 11 is 3.50. The molecule has 2 aromatic rings. The van der Waals surface area contributed by atoms with Crippen molar-refractivity contribution in [1.29, 1.82) is 0 Å². The molecule has 2 heterocycles. The van der Waals surface area contributed by atoms with Crippen LogP contribution in [0.5, 0.6) is 0 Å². The van der Waals surface area contributed by atoms with Crippen LogP contribution in [0.15, 0.2) is 34.8 Å². The van der Waals surface area contributed by atoms with Crippen molar-refractivity contribution in [2.75, 3.05) is 13.1 Å². The summed E-state index contributed by atoms with van der Waals surface area (Å²) in [5.41, 5.74) is 8.11. The molecular weight excluding hydrogens is 368 g/mol. The molecule has 0 radical (unpaired) electrons. The molecule has 3 N–H and O–H groups in total. The van der Waals surface area contributed by atoms with Gasteiger partial charge in [-0.15, -0.1) is 12.4 Å². The quantitative estimate of drug-likeness (QED) is 0.834. The number of hydrogen-bond donors (Lipinski definition) is 2. The van der Waals surface area contributed by atoms with Crippen LogP contribution in [0.1, 0.15) is 23.3 Å². The van der Waals surface area contributed by atoms with E-state index in [1.54, 1.807) is 0 Å². The van der Waals surface area contributed by atoms with Crippen molar-refractivity contribution in [2.24, 2.45) is 5.73 Å². The van der Waals surface area contributed by atoms with Crippen LogP contribution >= 0.6 is 28.3 Å². The molecule has 118 valence electrons. The number of carbonyl (C=O) groups excluding carboxylic acids is 1. The molecular formula is C15H18BrClN4O. The van der Waals surface area contributed by atoms with Gasteiger partial charge in [-0.2, -0.15) is 5.10 Å². The Bertz CT molecular complexity index is 638. The number of nitrogens with zero attached hydrogens (tertiary/aromatic N) is 2. The molecule has 0 unspecified atom stereocenters. The maximum Gasteiger partial charge on any atom is 0.273 e. The van der Waals surface area contributed by atoms with Crippen LogP contribution in [0.4, 0.5) is 0 Å². The van der Waals surface area contributed by atoms with Crippen molar-refractivity contribution in [3.05, 3.63) is 40.5 Å². The summed E-state index contributed by atoms with van der Waals surface area (Å²) in [6, 6.07) is 9.99. The van der Waals surface area contributed by atoms with Crippen LogP contribution in [0.25, 0.3) is 11.3 Å². The van der Waals surface area contributed by atoms with Gasteiger partial charge in [0.15, 0.2) is 0 Å². The Morgan fingerprint density at radius 3 is 2.55 bits per heavy atom. The third-order valence-electron chi connectivity index (χ3n) is 3.79. The molecule has 0 saturated carbocycles. The highest BCUT2D eigenvalue weighted by atomic mass is 79.9. The smallest absolute Gasteiger partial charge is 0.273 e. The van der Waals surface area contributed by atoms with E-state index in [-0.39, 0.29) is 24.4 Å². The van der Waals surface area contributed by atoms with Crippen LogP contribution in [0.3, 0.4) is 0 Å². The second kappa shape index (κ2) is 7.26. The number of rotatable bonds is 2. The van der Waals surface area contributed by atoms with E-state index in [0.29, 0.717) is 23.3 Å². The monoisotopic (exact) mass is 384 g/mol. The molecule has 1 amide bonds. The van der Waals surface area contributed by atoms with Gasteiger partial charge in [0.1, 0.15) is 11.4 Å². The van der Waals surface area contributed by atoms with Gasteiger partial charge in [-0.1, -0.05) is 30.3 Å². The number of likely N-dealkylation sites (tertiary alicyclic amines) is 1. The fraction of sp³-hybridized carbons (Fsp3) is 0.333. The average molecular weight is 386 g/mol. The predicted octanol–water partition coefficient (Wildman–Crippen LogP) is 2.82.